The van der Waals surface area contributed by atoms with Gasteiger partial charge in [-0.3, -0.25) is 0 Å². The SMILES string of the molecule is CCC(CN)(CO)Cc1nc(C(C)(C)C)cs1. The van der Waals surface area contributed by atoms with Crippen molar-refractivity contribution >= 4 is 11.3 Å². The average Bonchev–Trinajstić information content (AvgIpc) is 2.74. The van der Waals surface area contributed by atoms with Gasteiger partial charge in [0.05, 0.1) is 17.3 Å². The van der Waals surface area contributed by atoms with Gasteiger partial charge in [0.1, 0.15) is 0 Å². The molecular formula is C13H24N2OS. The summed E-state index contributed by atoms with van der Waals surface area (Å²) in [6, 6.07) is 0. The predicted molar refractivity (Wildman–Crippen MR) is 73.4 cm³/mol. The lowest BCUT2D eigenvalue weighted by atomic mass is 9.83. The van der Waals surface area contributed by atoms with Gasteiger partial charge in [0.25, 0.3) is 0 Å². The number of hydrogen-bond acceptors (Lipinski definition) is 4. The first-order valence-electron chi connectivity index (χ1n) is 6.13. The summed E-state index contributed by atoms with van der Waals surface area (Å²) in [6.45, 7) is 9.19. The van der Waals surface area contributed by atoms with Gasteiger partial charge in [0.15, 0.2) is 0 Å². The minimum absolute atomic E-state index is 0.0888. The van der Waals surface area contributed by atoms with E-state index >= 15 is 0 Å². The molecule has 1 aromatic heterocycles. The Kier molecular flexibility index (Phi) is 4.69. The van der Waals surface area contributed by atoms with Crippen molar-refractivity contribution in [3.8, 4) is 0 Å². The molecule has 0 aliphatic carbocycles. The van der Waals surface area contributed by atoms with Crippen LogP contribution in [0.15, 0.2) is 5.38 Å². The van der Waals surface area contributed by atoms with Crippen LogP contribution in [0.5, 0.6) is 0 Å². The van der Waals surface area contributed by atoms with Crippen LogP contribution in [0.3, 0.4) is 0 Å². The van der Waals surface area contributed by atoms with Gasteiger partial charge in [-0.1, -0.05) is 27.7 Å². The Labute approximate surface area is 108 Å². The molecule has 1 aromatic rings. The van der Waals surface area contributed by atoms with Gasteiger partial charge in [-0.2, -0.15) is 0 Å². The third-order valence-corrected chi connectivity index (χ3v) is 4.21. The van der Waals surface area contributed by atoms with Crippen LogP contribution in [0, 0.1) is 5.41 Å². The van der Waals surface area contributed by atoms with Crippen molar-refractivity contribution in [3.63, 3.8) is 0 Å². The van der Waals surface area contributed by atoms with Gasteiger partial charge < -0.3 is 10.8 Å². The summed E-state index contributed by atoms with van der Waals surface area (Å²) >= 11 is 1.67. The molecule has 0 aromatic carbocycles. The number of aliphatic hydroxyl groups is 1. The van der Waals surface area contributed by atoms with Gasteiger partial charge in [-0.05, 0) is 6.42 Å². The number of nitrogens with zero attached hydrogens (tertiary/aromatic N) is 1. The highest BCUT2D eigenvalue weighted by atomic mass is 32.1. The van der Waals surface area contributed by atoms with Crippen molar-refractivity contribution in [2.24, 2.45) is 11.1 Å². The summed E-state index contributed by atoms with van der Waals surface area (Å²) in [7, 11) is 0. The molecule has 4 heteroatoms. The maximum Gasteiger partial charge on any atom is 0.0935 e. The summed E-state index contributed by atoms with van der Waals surface area (Å²) in [5.74, 6) is 0. The highest BCUT2D eigenvalue weighted by molar-refractivity contribution is 7.09. The van der Waals surface area contributed by atoms with Crippen LogP contribution in [-0.4, -0.2) is 23.2 Å². The molecule has 0 bridgehead atoms. The molecule has 3 N–H and O–H groups in total. The Morgan fingerprint density at radius 3 is 2.41 bits per heavy atom. The predicted octanol–water partition coefficient (Wildman–Crippen LogP) is 2.33. The molecule has 17 heavy (non-hydrogen) atoms. The molecule has 0 aliphatic rings. The molecule has 0 spiro atoms. The highest BCUT2D eigenvalue weighted by Gasteiger charge is 2.28. The Morgan fingerprint density at radius 1 is 1.41 bits per heavy atom. The minimum atomic E-state index is -0.201. The fraction of sp³-hybridized carbons (Fsp3) is 0.769. The monoisotopic (exact) mass is 256 g/mol. The van der Waals surface area contributed by atoms with Gasteiger partial charge >= 0.3 is 0 Å². The maximum absolute atomic E-state index is 9.50. The Morgan fingerprint density at radius 2 is 2.06 bits per heavy atom. The summed E-state index contributed by atoms with van der Waals surface area (Å²) in [5.41, 5.74) is 6.80. The second-order valence-electron chi connectivity index (χ2n) is 5.77. The van der Waals surface area contributed by atoms with Gasteiger partial charge in [0.2, 0.25) is 0 Å². The quantitative estimate of drug-likeness (QED) is 0.850. The Hall–Kier alpha value is -0.450. The van der Waals surface area contributed by atoms with E-state index in [1.54, 1.807) is 11.3 Å². The number of nitrogens with two attached hydrogens (primary N) is 1. The molecule has 0 amide bonds. The highest BCUT2D eigenvalue weighted by Crippen LogP contribution is 2.30. The second-order valence-corrected chi connectivity index (χ2v) is 6.71. The lowest BCUT2D eigenvalue weighted by Crippen LogP contribution is -2.35. The van der Waals surface area contributed by atoms with Crippen molar-refractivity contribution in [1.82, 2.24) is 4.98 Å². The number of rotatable bonds is 5. The fourth-order valence-corrected chi connectivity index (χ4v) is 2.83. The van der Waals surface area contributed by atoms with Gasteiger partial charge in [-0.15, -0.1) is 11.3 Å². The van der Waals surface area contributed by atoms with E-state index < -0.39 is 0 Å². The molecule has 0 saturated carbocycles. The number of aliphatic hydroxyl groups excluding tert-OH is 1. The van der Waals surface area contributed by atoms with Gasteiger partial charge in [-0.25, -0.2) is 4.98 Å². The molecule has 0 fully saturated rings. The van der Waals surface area contributed by atoms with E-state index in [9.17, 15) is 5.11 Å². The zero-order valence-electron chi connectivity index (χ0n) is 11.3. The van der Waals surface area contributed by atoms with E-state index in [0.717, 1.165) is 23.5 Å². The van der Waals surface area contributed by atoms with Crippen molar-refractivity contribution in [2.45, 2.75) is 46.0 Å². The topological polar surface area (TPSA) is 59.1 Å². The van der Waals surface area contributed by atoms with Crippen LogP contribution >= 0.6 is 11.3 Å². The van der Waals surface area contributed by atoms with Crippen LogP contribution in [-0.2, 0) is 11.8 Å². The van der Waals surface area contributed by atoms with Crippen LogP contribution in [0.1, 0.15) is 44.8 Å². The molecule has 1 rings (SSSR count). The number of aromatic nitrogens is 1. The van der Waals surface area contributed by atoms with Crippen molar-refractivity contribution in [3.05, 3.63) is 16.1 Å². The largest absolute Gasteiger partial charge is 0.396 e. The second kappa shape index (κ2) is 5.46. The van der Waals surface area contributed by atoms with E-state index in [2.05, 4.69) is 38.1 Å². The fourth-order valence-electron chi connectivity index (χ4n) is 1.63. The molecule has 3 nitrogen and oxygen atoms in total. The first kappa shape index (κ1) is 14.6. The number of thiazole rings is 1. The standard InChI is InChI=1S/C13H24N2OS/c1-5-13(8-14,9-16)6-11-15-10(7-17-11)12(2,3)4/h7,16H,5-6,8-9,14H2,1-4H3. The lowest BCUT2D eigenvalue weighted by Gasteiger charge is -2.27. The molecule has 0 aliphatic heterocycles. The lowest BCUT2D eigenvalue weighted by molar-refractivity contribution is 0.127. The van der Waals surface area contributed by atoms with E-state index in [0.29, 0.717) is 6.54 Å². The van der Waals surface area contributed by atoms with Crippen molar-refractivity contribution in [2.75, 3.05) is 13.2 Å². The average molecular weight is 256 g/mol. The van der Waals surface area contributed by atoms with E-state index in [-0.39, 0.29) is 17.4 Å². The molecule has 1 atom stereocenters. The molecular weight excluding hydrogens is 232 g/mol. The normalized spacial score (nSPS) is 15.9. The van der Waals surface area contributed by atoms with Gasteiger partial charge in [0, 0.05) is 29.2 Å². The smallest absolute Gasteiger partial charge is 0.0935 e. The third kappa shape index (κ3) is 3.50. The van der Waals surface area contributed by atoms with Crippen LogP contribution < -0.4 is 5.73 Å². The molecule has 1 heterocycles. The Balaban J connectivity index is 2.85. The van der Waals surface area contributed by atoms with E-state index in [1.807, 2.05) is 0 Å². The van der Waals surface area contributed by atoms with Crippen LogP contribution in [0.2, 0.25) is 0 Å². The Bertz CT molecular complexity index is 342. The van der Waals surface area contributed by atoms with Crippen molar-refractivity contribution < 1.29 is 5.11 Å². The summed E-state index contributed by atoms with van der Waals surface area (Å²) in [6.07, 6.45) is 1.65. The first-order valence-corrected chi connectivity index (χ1v) is 7.00. The zero-order chi connectivity index (χ0) is 13.1. The summed E-state index contributed by atoms with van der Waals surface area (Å²) in [4.78, 5) is 4.66. The van der Waals surface area contributed by atoms with E-state index in [1.165, 1.54) is 0 Å². The van der Waals surface area contributed by atoms with Crippen molar-refractivity contribution in [1.29, 1.82) is 0 Å². The number of hydrogen-bond donors (Lipinski definition) is 2. The summed E-state index contributed by atoms with van der Waals surface area (Å²) in [5, 5.41) is 12.7. The molecule has 98 valence electrons. The maximum atomic E-state index is 9.50. The van der Waals surface area contributed by atoms with E-state index in [4.69, 9.17) is 5.73 Å². The molecule has 1 unspecified atom stereocenters. The third-order valence-electron chi connectivity index (χ3n) is 3.36. The summed E-state index contributed by atoms with van der Waals surface area (Å²) < 4.78 is 0. The van der Waals surface area contributed by atoms with Crippen LogP contribution in [0.25, 0.3) is 0 Å². The molecule has 0 saturated heterocycles. The zero-order valence-corrected chi connectivity index (χ0v) is 12.1. The minimum Gasteiger partial charge on any atom is -0.396 e. The van der Waals surface area contributed by atoms with Crippen LogP contribution in [0.4, 0.5) is 0 Å². The first-order chi connectivity index (χ1) is 7.87. The molecule has 0 radical (unpaired) electrons.